The Hall–Kier alpha value is -2.00. The monoisotopic (exact) mass is 370 g/mol. The van der Waals surface area contributed by atoms with Gasteiger partial charge in [0.25, 0.3) is 0 Å². The van der Waals surface area contributed by atoms with Crippen molar-refractivity contribution in [1.82, 2.24) is 14.8 Å². The molecule has 1 fully saturated rings. The van der Waals surface area contributed by atoms with E-state index in [0.29, 0.717) is 18.4 Å². The summed E-state index contributed by atoms with van der Waals surface area (Å²) >= 11 is 1.72. The first kappa shape index (κ1) is 18.8. The number of nitriles is 1. The van der Waals surface area contributed by atoms with E-state index in [-0.39, 0.29) is 0 Å². The van der Waals surface area contributed by atoms with Crippen molar-refractivity contribution in [2.24, 2.45) is 5.92 Å². The van der Waals surface area contributed by atoms with Crippen molar-refractivity contribution in [3.63, 3.8) is 0 Å². The van der Waals surface area contributed by atoms with Crippen molar-refractivity contribution in [3.8, 4) is 23.2 Å². The topological polar surface area (TPSA) is 63.7 Å². The fourth-order valence-electron chi connectivity index (χ4n) is 3.61. The lowest BCUT2D eigenvalue weighted by Gasteiger charge is -2.31. The van der Waals surface area contributed by atoms with Crippen LogP contribution in [0.5, 0.6) is 5.75 Å². The van der Waals surface area contributed by atoms with Crippen molar-refractivity contribution >= 4 is 11.8 Å². The molecule has 2 aromatic rings. The van der Waals surface area contributed by atoms with Crippen molar-refractivity contribution in [2.75, 3.05) is 12.9 Å². The average Bonchev–Trinajstić information content (AvgIpc) is 3.09. The molecule has 0 amide bonds. The van der Waals surface area contributed by atoms with Gasteiger partial charge in [-0.05, 0) is 49.4 Å². The van der Waals surface area contributed by atoms with Gasteiger partial charge in [0.1, 0.15) is 5.75 Å². The van der Waals surface area contributed by atoms with Crippen molar-refractivity contribution in [3.05, 3.63) is 24.3 Å². The van der Waals surface area contributed by atoms with Gasteiger partial charge in [-0.25, -0.2) is 0 Å². The zero-order chi connectivity index (χ0) is 18.4. The van der Waals surface area contributed by atoms with E-state index in [2.05, 4.69) is 39.9 Å². The summed E-state index contributed by atoms with van der Waals surface area (Å²) in [6, 6.07) is 10.7. The Morgan fingerprint density at radius 3 is 2.69 bits per heavy atom. The molecule has 1 aliphatic carbocycles. The number of unbranched alkanes of at least 4 members (excludes halogenated alkanes) is 1. The predicted octanol–water partition coefficient (Wildman–Crippen LogP) is 5.10. The quantitative estimate of drug-likeness (QED) is 0.501. The Morgan fingerprint density at radius 1 is 1.23 bits per heavy atom. The zero-order valence-electron chi connectivity index (χ0n) is 15.5. The average molecular weight is 371 g/mol. The predicted molar refractivity (Wildman–Crippen MR) is 104 cm³/mol. The number of methoxy groups -OCH3 is 1. The molecule has 3 rings (SSSR count). The number of ether oxygens (including phenoxy) is 1. The van der Waals surface area contributed by atoms with Crippen molar-refractivity contribution < 1.29 is 4.74 Å². The largest absolute Gasteiger partial charge is 0.497 e. The molecule has 1 aromatic heterocycles. The molecule has 0 unspecified atom stereocenters. The second-order valence-corrected chi connectivity index (χ2v) is 7.91. The number of hydrogen-bond acceptors (Lipinski definition) is 5. The highest BCUT2D eigenvalue weighted by Gasteiger charge is 2.28. The molecule has 0 saturated heterocycles. The SMILES string of the molecule is COc1ccc(-c2nnc(SCCCC#N)n2[C@@H]2CCCC[C@@H]2C)cc1. The molecule has 1 heterocycles. The summed E-state index contributed by atoms with van der Waals surface area (Å²) in [6.45, 7) is 2.34. The van der Waals surface area contributed by atoms with Crippen LogP contribution in [0.2, 0.25) is 0 Å². The summed E-state index contributed by atoms with van der Waals surface area (Å²) < 4.78 is 7.63. The Bertz CT molecular complexity index is 750. The van der Waals surface area contributed by atoms with Gasteiger partial charge in [-0.15, -0.1) is 10.2 Å². The fourth-order valence-corrected chi connectivity index (χ4v) is 4.54. The molecular formula is C20H26N4OS. The second kappa shape index (κ2) is 9.09. The fraction of sp³-hybridized carbons (Fsp3) is 0.550. The molecule has 138 valence electrons. The molecule has 26 heavy (non-hydrogen) atoms. The first-order valence-corrected chi connectivity index (χ1v) is 10.3. The molecule has 1 saturated carbocycles. The second-order valence-electron chi connectivity index (χ2n) is 6.84. The normalized spacial score (nSPS) is 19.9. The lowest BCUT2D eigenvalue weighted by atomic mass is 9.85. The smallest absolute Gasteiger partial charge is 0.191 e. The standard InChI is InChI=1S/C20H26N4OS/c1-15-7-3-4-8-18(15)24-19(16-9-11-17(25-2)12-10-16)22-23-20(24)26-14-6-5-13-21/h9-12,15,18H,3-8,14H2,1-2H3/t15-,18+/m0/s1. The van der Waals surface area contributed by atoms with Gasteiger partial charge < -0.3 is 4.74 Å². The van der Waals surface area contributed by atoms with Crippen LogP contribution < -0.4 is 4.74 Å². The van der Waals surface area contributed by atoms with Crippen LogP contribution in [0, 0.1) is 17.2 Å². The summed E-state index contributed by atoms with van der Waals surface area (Å²) in [7, 11) is 1.68. The van der Waals surface area contributed by atoms with Gasteiger partial charge in [-0.3, -0.25) is 4.57 Å². The third-order valence-corrected chi connectivity index (χ3v) is 6.10. The summed E-state index contributed by atoms with van der Waals surface area (Å²) in [6.07, 6.45) is 6.46. The van der Waals surface area contributed by atoms with Crippen LogP contribution in [-0.2, 0) is 0 Å². The Morgan fingerprint density at radius 2 is 2.00 bits per heavy atom. The van der Waals surface area contributed by atoms with E-state index in [0.717, 1.165) is 34.5 Å². The van der Waals surface area contributed by atoms with E-state index in [1.54, 1.807) is 18.9 Å². The van der Waals surface area contributed by atoms with E-state index in [9.17, 15) is 0 Å². The highest BCUT2D eigenvalue weighted by atomic mass is 32.2. The van der Waals surface area contributed by atoms with E-state index >= 15 is 0 Å². The minimum Gasteiger partial charge on any atom is -0.497 e. The lowest BCUT2D eigenvalue weighted by molar-refractivity contribution is 0.247. The molecule has 0 bridgehead atoms. The highest BCUT2D eigenvalue weighted by Crippen LogP contribution is 2.39. The summed E-state index contributed by atoms with van der Waals surface area (Å²) in [5.41, 5.74) is 1.07. The van der Waals surface area contributed by atoms with E-state index < -0.39 is 0 Å². The third-order valence-electron chi connectivity index (χ3n) is 5.07. The number of hydrogen-bond donors (Lipinski definition) is 0. The van der Waals surface area contributed by atoms with Crippen molar-refractivity contribution in [2.45, 2.75) is 56.6 Å². The van der Waals surface area contributed by atoms with E-state index in [1.807, 2.05) is 12.1 Å². The summed E-state index contributed by atoms with van der Waals surface area (Å²) in [5, 5.41) is 18.8. The minimum absolute atomic E-state index is 0.439. The molecule has 6 heteroatoms. The van der Waals surface area contributed by atoms with Gasteiger partial charge in [0.2, 0.25) is 0 Å². The molecule has 1 aliphatic rings. The van der Waals surface area contributed by atoms with Crippen LogP contribution in [0.15, 0.2) is 29.4 Å². The first-order chi connectivity index (χ1) is 12.7. The lowest BCUT2D eigenvalue weighted by Crippen LogP contribution is -2.22. The summed E-state index contributed by atoms with van der Waals surface area (Å²) in [4.78, 5) is 0. The molecular weight excluding hydrogens is 344 g/mol. The van der Waals surface area contributed by atoms with Crippen LogP contribution in [0.3, 0.4) is 0 Å². The van der Waals surface area contributed by atoms with Gasteiger partial charge in [0.05, 0.1) is 13.2 Å². The van der Waals surface area contributed by atoms with Gasteiger partial charge in [-0.1, -0.05) is 31.5 Å². The van der Waals surface area contributed by atoms with Gasteiger partial charge >= 0.3 is 0 Å². The molecule has 1 aromatic carbocycles. The molecule has 2 atom stereocenters. The van der Waals surface area contributed by atoms with Crippen LogP contribution >= 0.6 is 11.8 Å². The van der Waals surface area contributed by atoms with Crippen molar-refractivity contribution in [1.29, 1.82) is 5.26 Å². The number of rotatable bonds is 7. The van der Waals surface area contributed by atoms with Crippen LogP contribution in [-0.4, -0.2) is 27.6 Å². The van der Waals surface area contributed by atoms with Crippen LogP contribution in [0.25, 0.3) is 11.4 Å². The maximum atomic E-state index is 8.75. The number of benzene rings is 1. The molecule has 0 radical (unpaired) electrons. The first-order valence-electron chi connectivity index (χ1n) is 9.33. The van der Waals surface area contributed by atoms with Gasteiger partial charge in [-0.2, -0.15) is 5.26 Å². The molecule has 5 nitrogen and oxygen atoms in total. The van der Waals surface area contributed by atoms with Gasteiger partial charge in [0.15, 0.2) is 11.0 Å². The highest BCUT2D eigenvalue weighted by molar-refractivity contribution is 7.99. The van der Waals surface area contributed by atoms with Crippen LogP contribution in [0.4, 0.5) is 0 Å². The Kier molecular flexibility index (Phi) is 6.56. The Balaban J connectivity index is 1.92. The minimum atomic E-state index is 0.439. The zero-order valence-corrected chi connectivity index (χ0v) is 16.3. The van der Waals surface area contributed by atoms with Crippen LogP contribution in [0.1, 0.15) is 51.5 Å². The number of thioether (sulfide) groups is 1. The van der Waals surface area contributed by atoms with Gasteiger partial charge in [0, 0.05) is 23.8 Å². The third kappa shape index (κ3) is 4.21. The summed E-state index contributed by atoms with van der Waals surface area (Å²) in [5.74, 6) is 3.30. The van der Waals surface area contributed by atoms with E-state index in [4.69, 9.17) is 10.00 Å². The number of aromatic nitrogens is 3. The maximum Gasteiger partial charge on any atom is 0.191 e. The molecule has 0 spiro atoms. The molecule has 0 N–H and O–H groups in total. The van der Waals surface area contributed by atoms with E-state index in [1.165, 1.54) is 25.7 Å². The Labute approximate surface area is 159 Å². The maximum absolute atomic E-state index is 8.75. The number of nitrogens with zero attached hydrogens (tertiary/aromatic N) is 4. The molecule has 0 aliphatic heterocycles.